The van der Waals surface area contributed by atoms with Crippen molar-refractivity contribution >= 4 is 6.08 Å². The molecular weight excluding hydrogens is 305 g/mol. The Balaban J connectivity index is 0.00000162. The molecule has 0 atom stereocenters. The van der Waals surface area contributed by atoms with Gasteiger partial charge >= 0.3 is 19.5 Å². The van der Waals surface area contributed by atoms with Crippen molar-refractivity contribution in [2.24, 2.45) is 5.41 Å². The molecule has 1 aromatic carbocycles. The molecule has 0 unspecified atom stereocenters. The molecule has 1 heteroatoms. The quantitative estimate of drug-likeness (QED) is 0.475. The van der Waals surface area contributed by atoms with Crippen LogP contribution in [0.5, 0.6) is 0 Å². The van der Waals surface area contributed by atoms with Gasteiger partial charge in [-0.15, -0.1) is 46.5 Å². The maximum Gasteiger partial charge on any atom is 1.00 e. The normalized spacial score (nSPS) is 14.9. The van der Waals surface area contributed by atoms with Crippen molar-refractivity contribution in [3.05, 3.63) is 40.5 Å². The van der Waals surface area contributed by atoms with Crippen LogP contribution in [0.4, 0.5) is 0 Å². The number of benzene rings is 1. The largest absolute Gasteiger partial charge is 1.00 e. The fraction of sp³-hybridized carbons (Fsp3) is 0.529. The summed E-state index contributed by atoms with van der Waals surface area (Å²) in [5.74, 6) is 0. The molecule has 1 aliphatic carbocycles. The van der Waals surface area contributed by atoms with Crippen LogP contribution >= 0.6 is 0 Å². The van der Waals surface area contributed by atoms with Crippen molar-refractivity contribution in [1.29, 1.82) is 0 Å². The molecule has 0 saturated carbocycles. The Morgan fingerprint density at radius 2 is 1.61 bits per heavy atom. The van der Waals surface area contributed by atoms with Gasteiger partial charge in [-0.1, -0.05) is 41.5 Å². The molecule has 1 aliphatic rings. The van der Waals surface area contributed by atoms with Crippen molar-refractivity contribution in [1.82, 2.24) is 0 Å². The first-order chi connectivity index (χ1) is 7.68. The Bertz CT molecular complexity index is 467. The van der Waals surface area contributed by atoms with Crippen LogP contribution in [0, 0.1) is 11.5 Å². The molecule has 1 radical (unpaired) electrons. The van der Waals surface area contributed by atoms with Gasteiger partial charge in [0.25, 0.3) is 0 Å². The Morgan fingerprint density at radius 3 is 2.11 bits per heavy atom. The first-order valence-corrected chi connectivity index (χ1v) is 6.44. The summed E-state index contributed by atoms with van der Waals surface area (Å²) in [7, 11) is 0. The van der Waals surface area contributed by atoms with E-state index in [1.165, 1.54) is 22.3 Å². The molecule has 0 aliphatic heterocycles. The van der Waals surface area contributed by atoms with Gasteiger partial charge in [0.15, 0.2) is 0 Å². The van der Waals surface area contributed by atoms with Crippen molar-refractivity contribution in [3.63, 3.8) is 0 Å². The molecule has 18 heavy (non-hydrogen) atoms. The van der Waals surface area contributed by atoms with Crippen molar-refractivity contribution in [2.45, 2.75) is 53.4 Å². The monoisotopic (exact) mass is 329 g/mol. The molecule has 0 heterocycles. The van der Waals surface area contributed by atoms with Gasteiger partial charge in [0, 0.05) is 0 Å². The molecule has 0 amide bonds. The number of allylic oxidation sites excluding steroid dienone is 1. The maximum atomic E-state index is 3.45. The van der Waals surface area contributed by atoms with Gasteiger partial charge < -0.3 is 0 Å². The van der Waals surface area contributed by atoms with Crippen LogP contribution in [0.15, 0.2) is 17.7 Å². The third kappa shape index (κ3) is 3.12. The van der Waals surface area contributed by atoms with Crippen molar-refractivity contribution < 1.29 is 19.5 Å². The van der Waals surface area contributed by atoms with E-state index in [1.54, 1.807) is 0 Å². The predicted molar refractivity (Wildman–Crippen MR) is 75.1 cm³/mol. The van der Waals surface area contributed by atoms with Gasteiger partial charge in [0.1, 0.15) is 0 Å². The Labute approximate surface area is 125 Å². The van der Waals surface area contributed by atoms with E-state index in [-0.39, 0.29) is 30.3 Å². The van der Waals surface area contributed by atoms with Crippen LogP contribution in [0.25, 0.3) is 6.08 Å². The van der Waals surface area contributed by atoms with Gasteiger partial charge in [0.2, 0.25) is 0 Å². The fourth-order valence-electron chi connectivity index (χ4n) is 2.18. The molecule has 0 nitrogen and oxygen atoms in total. The molecule has 0 spiro atoms. The number of rotatable bonds is 0. The number of hydrogen-bond acceptors (Lipinski definition) is 0. The second-order valence-electron chi connectivity index (χ2n) is 7.17. The Kier molecular flexibility index (Phi) is 4.28. The van der Waals surface area contributed by atoms with Crippen LogP contribution in [-0.2, 0) is 31.3 Å². The van der Waals surface area contributed by atoms with E-state index in [2.05, 4.69) is 65.8 Å². The van der Waals surface area contributed by atoms with E-state index in [0.717, 1.165) is 6.42 Å². The third-order valence-electron chi connectivity index (χ3n) is 3.59. The standard InChI is InChI=1S/C17H23.Ru/c1-16(2,3)14-8-7-12-9-15(17(4,5)6)11-13(12)10-14;/h8-10H,11H2,1-6H3;/q-1;+1. The first-order valence-electron chi connectivity index (χ1n) is 6.44. The Morgan fingerprint density at radius 1 is 1.00 bits per heavy atom. The number of hydrogen-bond donors (Lipinski definition) is 0. The summed E-state index contributed by atoms with van der Waals surface area (Å²) in [5, 5.41) is 0. The van der Waals surface area contributed by atoms with Gasteiger partial charge in [-0.2, -0.15) is 0 Å². The van der Waals surface area contributed by atoms with Crippen LogP contribution < -0.4 is 0 Å². The van der Waals surface area contributed by atoms with Crippen LogP contribution in [-0.4, -0.2) is 0 Å². The fourth-order valence-corrected chi connectivity index (χ4v) is 2.18. The second kappa shape index (κ2) is 4.93. The molecule has 99 valence electrons. The van der Waals surface area contributed by atoms with Gasteiger partial charge in [-0.3, -0.25) is 0 Å². The summed E-state index contributed by atoms with van der Waals surface area (Å²) >= 11 is 0. The summed E-state index contributed by atoms with van der Waals surface area (Å²) < 4.78 is 0. The minimum Gasteiger partial charge on any atom is -0.147 e. The molecule has 0 aromatic heterocycles. The summed E-state index contributed by atoms with van der Waals surface area (Å²) in [6.45, 7) is 13.6. The zero-order chi connectivity index (χ0) is 12.8. The number of fused-ring (bicyclic) bond motifs is 1. The van der Waals surface area contributed by atoms with Crippen LogP contribution in [0.3, 0.4) is 0 Å². The summed E-state index contributed by atoms with van der Waals surface area (Å²) in [4.78, 5) is 0. The van der Waals surface area contributed by atoms with E-state index in [0.29, 0.717) is 0 Å². The van der Waals surface area contributed by atoms with E-state index in [9.17, 15) is 0 Å². The van der Waals surface area contributed by atoms with E-state index < -0.39 is 0 Å². The van der Waals surface area contributed by atoms with E-state index >= 15 is 0 Å². The predicted octanol–water partition coefficient (Wildman–Crippen LogP) is 4.77. The molecule has 2 rings (SSSR count). The van der Waals surface area contributed by atoms with E-state index in [1.807, 2.05) is 0 Å². The summed E-state index contributed by atoms with van der Waals surface area (Å²) in [6.07, 6.45) is 3.42. The molecule has 1 aromatic rings. The minimum absolute atomic E-state index is 0. The maximum absolute atomic E-state index is 3.45. The molecule has 0 N–H and O–H groups in total. The zero-order valence-electron chi connectivity index (χ0n) is 12.3. The molecule has 0 fully saturated rings. The van der Waals surface area contributed by atoms with Gasteiger partial charge in [0.05, 0.1) is 0 Å². The van der Waals surface area contributed by atoms with E-state index in [4.69, 9.17) is 0 Å². The molecule has 0 saturated heterocycles. The molecular formula is C17H23Ru. The first kappa shape index (κ1) is 15.6. The van der Waals surface area contributed by atoms with Crippen molar-refractivity contribution in [3.8, 4) is 0 Å². The van der Waals surface area contributed by atoms with Gasteiger partial charge in [-0.25, -0.2) is 0 Å². The van der Waals surface area contributed by atoms with Crippen molar-refractivity contribution in [2.75, 3.05) is 0 Å². The SMILES string of the molecule is CC(C)(C)C1=Cc2[c-]cc(C(C)(C)C)cc2C1.[Ru+]. The average Bonchev–Trinajstić information content (AvgIpc) is 2.57. The van der Waals surface area contributed by atoms with Crippen LogP contribution in [0.2, 0.25) is 0 Å². The topological polar surface area (TPSA) is 0 Å². The summed E-state index contributed by atoms with van der Waals surface area (Å²) in [6, 6.07) is 7.97. The zero-order valence-corrected chi connectivity index (χ0v) is 14.0. The average molecular weight is 328 g/mol. The second-order valence-corrected chi connectivity index (χ2v) is 7.17. The molecule has 0 bridgehead atoms. The summed E-state index contributed by atoms with van der Waals surface area (Å²) in [5.41, 5.74) is 6.14. The van der Waals surface area contributed by atoms with Gasteiger partial charge in [-0.05, 0) is 17.3 Å². The Hall–Kier alpha value is -0.417. The van der Waals surface area contributed by atoms with Crippen LogP contribution in [0.1, 0.15) is 58.2 Å². The smallest absolute Gasteiger partial charge is 0.147 e. The minimum atomic E-state index is 0. The third-order valence-corrected chi connectivity index (χ3v) is 3.59.